The van der Waals surface area contributed by atoms with Gasteiger partial charge in [0, 0.05) is 13.0 Å². The molecule has 166 valence electrons. The molecule has 0 fully saturated rings. The number of aliphatic hydroxyl groups excluding tert-OH is 1. The zero-order valence-electron chi connectivity index (χ0n) is 19.4. The van der Waals surface area contributed by atoms with Crippen molar-refractivity contribution in [2.24, 2.45) is 5.92 Å². The number of likely N-dealkylation sites (N-methyl/N-ethyl adjacent to an activating group) is 1. The molecule has 0 saturated heterocycles. The highest BCUT2D eigenvalue weighted by molar-refractivity contribution is 5.79. The Kier molecular flexibility index (Phi) is 13.7. The summed E-state index contributed by atoms with van der Waals surface area (Å²) in [7, 11) is 1.86. The molecule has 3 atom stereocenters. The van der Waals surface area contributed by atoms with E-state index in [9.17, 15) is 9.90 Å². The number of carbonyl (C=O) groups is 1. The van der Waals surface area contributed by atoms with Crippen molar-refractivity contribution in [2.75, 3.05) is 7.05 Å². The fraction of sp³-hybridized carbons (Fsp3) is 0.731. The van der Waals surface area contributed by atoms with Crippen LogP contribution in [-0.2, 0) is 4.79 Å². The van der Waals surface area contributed by atoms with E-state index in [2.05, 4.69) is 13.8 Å². The van der Waals surface area contributed by atoms with Crippen molar-refractivity contribution in [2.45, 2.75) is 110 Å². The van der Waals surface area contributed by atoms with Gasteiger partial charge in [0.1, 0.15) is 0 Å². The molecule has 1 aromatic carbocycles. The molecule has 1 aromatic rings. The smallest absolute Gasteiger partial charge is 0.225 e. The number of aliphatic hydroxyl groups is 1. The van der Waals surface area contributed by atoms with E-state index in [0.29, 0.717) is 0 Å². The summed E-state index contributed by atoms with van der Waals surface area (Å²) in [6.07, 6.45) is 13.7. The summed E-state index contributed by atoms with van der Waals surface area (Å²) >= 11 is 0. The first-order valence-electron chi connectivity index (χ1n) is 12.0. The molecule has 0 spiro atoms. The van der Waals surface area contributed by atoms with Crippen LogP contribution in [0.3, 0.4) is 0 Å². The Labute approximate surface area is 179 Å². The fourth-order valence-corrected chi connectivity index (χ4v) is 4.01. The van der Waals surface area contributed by atoms with Crippen molar-refractivity contribution in [3.05, 3.63) is 35.9 Å². The highest BCUT2D eigenvalue weighted by atomic mass is 16.3. The Morgan fingerprint density at radius 3 is 1.90 bits per heavy atom. The molecule has 0 unspecified atom stereocenters. The number of hydrogen-bond acceptors (Lipinski definition) is 2. The Morgan fingerprint density at radius 2 is 1.34 bits per heavy atom. The molecule has 29 heavy (non-hydrogen) atoms. The van der Waals surface area contributed by atoms with Gasteiger partial charge in [-0.25, -0.2) is 0 Å². The molecule has 3 heteroatoms. The number of unbranched alkanes of at least 4 members (excludes halogenated alkanes) is 8. The van der Waals surface area contributed by atoms with Crippen molar-refractivity contribution in [3.63, 3.8) is 0 Å². The highest BCUT2D eigenvalue weighted by Gasteiger charge is 2.28. The fourth-order valence-electron chi connectivity index (χ4n) is 4.01. The number of benzene rings is 1. The molecular formula is C26H45NO2. The van der Waals surface area contributed by atoms with Gasteiger partial charge in [-0.2, -0.15) is 0 Å². The van der Waals surface area contributed by atoms with Crippen molar-refractivity contribution in [3.8, 4) is 0 Å². The van der Waals surface area contributed by atoms with Gasteiger partial charge in [-0.05, 0) is 25.3 Å². The summed E-state index contributed by atoms with van der Waals surface area (Å²) in [5, 5.41) is 10.7. The molecule has 0 aliphatic heterocycles. The third kappa shape index (κ3) is 9.80. The number of rotatable bonds is 16. The molecule has 0 aromatic heterocycles. The van der Waals surface area contributed by atoms with Gasteiger partial charge >= 0.3 is 0 Å². The van der Waals surface area contributed by atoms with E-state index in [-0.39, 0.29) is 17.9 Å². The average Bonchev–Trinajstić information content (AvgIpc) is 2.76. The molecule has 0 radical (unpaired) electrons. The third-order valence-corrected chi connectivity index (χ3v) is 6.22. The third-order valence-electron chi connectivity index (χ3n) is 6.22. The Bertz CT molecular complexity index is 531. The molecule has 1 amide bonds. The Balaban J connectivity index is 2.63. The molecule has 1 rings (SSSR count). The maximum Gasteiger partial charge on any atom is 0.225 e. The molecule has 0 heterocycles. The predicted molar refractivity (Wildman–Crippen MR) is 124 cm³/mol. The Morgan fingerprint density at radius 1 is 0.862 bits per heavy atom. The van der Waals surface area contributed by atoms with Gasteiger partial charge in [0.2, 0.25) is 5.91 Å². The predicted octanol–water partition coefficient (Wildman–Crippen LogP) is 6.90. The number of nitrogens with zero attached hydrogens (tertiary/aromatic N) is 1. The van der Waals surface area contributed by atoms with E-state index in [4.69, 9.17) is 0 Å². The van der Waals surface area contributed by atoms with Crippen LogP contribution in [0.5, 0.6) is 0 Å². The minimum absolute atomic E-state index is 0.0912. The second kappa shape index (κ2) is 15.5. The van der Waals surface area contributed by atoms with Crippen LogP contribution in [0, 0.1) is 5.92 Å². The van der Waals surface area contributed by atoms with E-state index in [1.54, 1.807) is 4.90 Å². The lowest BCUT2D eigenvalue weighted by atomic mass is 9.92. The molecular weight excluding hydrogens is 358 g/mol. The summed E-state index contributed by atoms with van der Waals surface area (Å²) in [4.78, 5) is 15.1. The van der Waals surface area contributed by atoms with Gasteiger partial charge < -0.3 is 10.0 Å². The summed E-state index contributed by atoms with van der Waals surface area (Å²) < 4.78 is 0. The van der Waals surface area contributed by atoms with Gasteiger partial charge in [-0.1, -0.05) is 108 Å². The lowest BCUT2D eigenvalue weighted by Crippen LogP contribution is -2.42. The van der Waals surface area contributed by atoms with Gasteiger partial charge in [0.25, 0.3) is 0 Å². The topological polar surface area (TPSA) is 40.5 Å². The first-order valence-corrected chi connectivity index (χ1v) is 12.0. The standard InChI is InChI=1S/C26H45NO2/c1-5-7-9-11-12-15-21-24(20-14-10-8-6-2)26(29)27(4)22(3)25(28)23-18-16-13-17-19-23/h13,16-19,22,24-25,28H,5-12,14-15,20-21H2,1-4H3/t22-,24+,25+/m0/s1. The second-order valence-electron chi connectivity index (χ2n) is 8.65. The van der Waals surface area contributed by atoms with Crippen molar-refractivity contribution in [1.29, 1.82) is 0 Å². The maximum atomic E-state index is 13.3. The van der Waals surface area contributed by atoms with E-state index in [1.165, 1.54) is 51.4 Å². The zero-order valence-corrected chi connectivity index (χ0v) is 19.4. The van der Waals surface area contributed by atoms with E-state index in [0.717, 1.165) is 31.2 Å². The lowest BCUT2D eigenvalue weighted by molar-refractivity contribution is -0.139. The van der Waals surface area contributed by atoms with E-state index >= 15 is 0 Å². The van der Waals surface area contributed by atoms with Crippen LogP contribution < -0.4 is 0 Å². The van der Waals surface area contributed by atoms with Crippen molar-refractivity contribution in [1.82, 2.24) is 4.90 Å². The molecule has 3 nitrogen and oxygen atoms in total. The molecule has 0 bridgehead atoms. The first kappa shape index (κ1) is 25.7. The van der Waals surface area contributed by atoms with Crippen LogP contribution in [0.4, 0.5) is 0 Å². The first-order chi connectivity index (χ1) is 14.0. The van der Waals surface area contributed by atoms with Gasteiger partial charge in [-0.15, -0.1) is 0 Å². The van der Waals surface area contributed by atoms with Crippen LogP contribution in [0.25, 0.3) is 0 Å². The average molecular weight is 404 g/mol. The van der Waals surface area contributed by atoms with Gasteiger partial charge in [0.05, 0.1) is 12.1 Å². The number of amides is 1. The number of hydrogen-bond donors (Lipinski definition) is 1. The van der Waals surface area contributed by atoms with Crippen molar-refractivity contribution >= 4 is 5.91 Å². The quantitative estimate of drug-likeness (QED) is 0.305. The molecule has 1 N–H and O–H groups in total. The molecule has 0 aliphatic rings. The zero-order chi connectivity index (χ0) is 21.5. The minimum Gasteiger partial charge on any atom is -0.386 e. The maximum absolute atomic E-state index is 13.3. The van der Waals surface area contributed by atoms with Crippen LogP contribution >= 0.6 is 0 Å². The summed E-state index contributed by atoms with van der Waals surface area (Å²) in [5.41, 5.74) is 0.870. The Hall–Kier alpha value is -1.35. The minimum atomic E-state index is -0.653. The van der Waals surface area contributed by atoms with Crippen LogP contribution in [-0.4, -0.2) is 29.0 Å². The van der Waals surface area contributed by atoms with E-state index < -0.39 is 6.10 Å². The second-order valence-corrected chi connectivity index (χ2v) is 8.65. The van der Waals surface area contributed by atoms with Gasteiger partial charge in [-0.3, -0.25) is 4.79 Å². The molecule has 0 aliphatic carbocycles. The van der Waals surface area contributed by atoms with Gasteiger partial charge in [0.15, 0.2) is 0 Å². The van der Waals surface area contributed by atoms with Crippen LogP contribution in [0.1, 0.15) is 109 Å². The summed E-state index contributed by atoms with van der Waals surface area (Å²) in [6, 6.07) is 9.44. The monoisotopic (exact) mass is 403 g/mol. The SMILES string of the molecule is CCCCCCCC[C@@H](CCCCCC)C(=O)N(C)[C@@H](C)[C@@H](O)c1ccccc1. The van der Waals surface area contributed by atoms with Crippen molar-refractivity contribution < 1.29 is 9.90 Å². The highest BCUT2D eigenvalue weighted by Crippen LogP contribution is 2.25. The summed E-state index contributed by atoms with van der Waals surface area (Å²) in [6.45, 7) is 6.42. The summed E-state index contributed by atoms with van der Waals surface area (Å²) in [5.74, 6) is 0.297. The lowest BCUT2D eigenvalue weighted by Gasteiger charge is -2.32. The number of carbonyl (C=O) groups excluding carboxylic acids is 1. The normalized spacial score (nSPS) is 14.4. The van der Waals surface area contributed by atoms with E-state index in [1.807, 2.05) is 44.3 Å². The van der Waals surface area contributed by atoms with Crippen LogP contribution in [0.15, 0.2) is 30.3 Å². The molecule has 0 saturated carbocycles. The van der Waals surface area contributed by atoms with Crippen LogP contribution in [0.2, 0.25) is 0 Å². The largest absolute Gasteiger partial charge is 0.386 e.